The minimum atomic E-state index is -4.75. The number of rotatable bonds is 14. The zero-order valence-electron chi connectivity index (χ0n) is 57.6. The molecule has 2 aliphatic heterocycles. The molecule has 4 fully saturated rings. The maximum Gasteiger partial charge on any atom is 0.417 e. The Morgan fingerprint density at radius 1 is 0.691 bits per heavy atom. The second-order valence-corrected chi connectivity index (χ2v) is 27.7. The first-order chi connectivity index (χ1) is 44.2. The highest BCUT2D eigenvalue weighted by Gasteiger charge is 2.50. The van der Waals surface area contributed by atoms with Crippen LogP contribution in [0.15, 0.2) is 18.2 Å². The van der Waals surface area contributed by atoms with E-state index < -0.39 is 161 Å². The summed E-state index contributed by atoms with van der Waals surface area (Å²) in [5.74, 6) is -7.97. The Morgan fingerprint density at radius 2 is 1.34 bits per heavy atom. The minimum Gasteiger partial charge on any atom is -0.380 e. The van der Waals surface area contributed by atoms with Gasteiger partial charge in [-0.1, -0.05) is 111 Å². The van der Waals surface area contributed by atoms with Crippen molar-refractivity contribution in [3.8, 4) is 0 Å². The summed E-state index contributed by atoms with van der Waals surface area (Å²) in [5.41, 5.74) is -2.26. The second kappa shape index (κ2) is 35.4. The van der Waals surface area contributed by atoms with Gasteiger partial charge in [0.2, 0.25) is 65.0 Å². The van der Waals surface area contributed by atoms with Crippen molar-refractivity contribution in [3.63, 3.8) is 0 Å². The molecule has 2 saturated carbocycles. The van der Waals surface area contributed by atoms with E-state index in [1.54, 1.807) is 34.6 Å². The number of ether oxygens (including phenoxy) is 1. The zero-order chi connectivity index (χ0) is 70.1. The number of benzene rings is 1. The normalized spacial score (nSPS) is 25.7. The van der Waals surface area contributed by atoms with Gasteiger partial charge in [-0.25, -0.2) is 0 Å². The third-order valence-corrected chi connectivity index (χ3v) is 19.5. The molecule has 27 heteroatoms. The van der Waals surface area contributed by atoms with E-state index in [-0.39, 0.29) is 82.9 Å². The van der Waals surface area contributed by atoms with Gasteiger partial charge < -0.3 is 60.3 Å². The van der Waals surface area contributed by atoms with Crippen molar-refractivity contribution in [1.29, 1.82) is 0 Å². The number of fused-ring (bicyclic) bond motifs is 1. The van der Waals surface area contributed by atoms with Gasteiger partial charge in [-0.05, 0) is 107 Å². The molecule has 8 atom stereocenters. The van der Waals surface area contributed by atoms with Crippen LogP contribution in [-0.2, 0) is 70.1 Å². The number of alkyl halides is 3. The van der Waals surface area contributed by atoms with Gasteiger partial charge in [-0.3, -0.25) is 52.7 Å². The van der Waals surface area contributed by atoms with Crippen LogP contribution in [0.1, 0.15) is 169 Å². The molecule has 1 spiro atoms. The first kappa shape index (κ1) is 78.1. The molecule has 23 nitrogen and oxygen atoms in total. The van der Waals surface area contributed by atoms with Crippen LogP contribution in [-0.4, -0.2) is 228 Å². The first-order valence-corrected chi connectivity index (χ1v) is 34.1. The molecule has 2 saturated heterocycles. The van der Waals surface area contributed by atoms with E-state index in [4.69, 9.17) is 16.3 Å². The zero-order valence-corrected chi connectivity index (χ0v) is 58.4. The fourth-order valence-corrected chi connectivity index (χ4v) is 13.8. The van der Waals surface area contributed by atoms with Crippen molar-refractivity contribution in [2.45, 2.75) is 219 Å². The molecular weight excluding hydrogens is 1240 g/mol. The van der Waals surface area contributed by atoms with Gasteiger partial charge in [-0.15, -0.1) is 0 Å². The van der Waals surface area contributed by atoms with Gasteiger partial charge in [0.25, 0.3) is 0 Å². The number of aryl methyl sites for hydroxylation is 1. The third-order valence-electron chi connectivity index (χ3n) is 19.2. The van der Waals surface area contributed by atoms with Crippen molar-refractivity contribution < 1.29 is 70.6 Å². The van der Waals surface area contributed by atoms with Gasteiger partial charge in [0.05, 0.1) is 36.8 Å². The molecule has 0 radical (unpaired) electrons. The van der Waals surface area contributed by atoms with Gasteiger partial charge in [0.1, 0.15) is 41.8 Å². The van der Waals surface area contributed by atoms with Crippen LogP contribution in [0.5, 0.6) is 0 Å². The fourth-order valence-electron chi connectivity index (χ4n) is 13.5. The number of hydrogen-bond donors (Lipinski definition) is 4. The van der Waals surface area contributed by atoms with E-state index in [9.17, 15) is 56.3 Å². The summed E-state index contributed by atoms with van der Waals surface area (Å²) in [6.07, 6.45) is 1.92. The number of halogens is 4. The monoisotopic (exact) mass is 1350 g/mol. The Kier molecular flexibility index (Phi) is 29.4. The Bertz CT molecular complexity index is 2830. The Morgan fingerprint density at radius 3 is 1.94 bits per heavy atom. The molecule has 528 valence electrons. The van der Waals surface area contributed by atoms with Crippen LogP contribution in [0.4, 0.5) is 13.2 Å². The van der Waals surface area contributed by atoms with E-state index >= 15 is 9.59 Å². The number of nitrogens with one attached hydrogen (secondary N) is 4. The molecule has 5 rings (SSSR count). The lowest BCUT2D eigenvalue weighted by Crippen LogP contribution is -2.64. The Hall–Kier alpha value is -6.57. The molecule has 11 amide bonds. The molecule has 2 aliphatic carbocycles. The van der Waals surface area contributed by atoms with E-state index in [0.717, 1.165) is 54.0 Å². The summed E-state index contributed by atoms with van der Waals surface area (Å²) in [7, 11) is 7.16. The predicted octanol–water partition coefficient (Wildman–Crippen LogP) is 5.57. The lowest BCUT2D eigenvalue weighted by molar-refractivity contribution is -0.150. The number of likely N-dealkylation sites (N-methyl/N-ethyl adjacent to an activating group) is 5. The third kappa shape index (κ3) is 21.0. The topological polar surface area (TPSA) is 268 Å². The van der Waals surface area contributed by atoms with Crippen molar-refractivity contribution in [2.24, 2.45) is 23.7 Å². The molecule has 0 bridgehead atoms. The van der Waals surface area contributed by atoms with Gasteiger partial charge >= 0.3 is 6.18 Å². The summed E-state index contributed by atoms with van der Waals surface area (Å²) in [5, 5.41) is 11.0. The maximum absolute atomic E-state index is 15.0. The predicted molar refractivity (Wildman–Crippen MR) is 348 cm³/mol. The average Bonchev–Trinajstić information content (AvgIpc) is 1.57. The smallest absolute Gasteiger partial charge is 0.380 e. The summed E-state index contributed by atoms with van der Waals surface area (Å²) >= 11 is 6.12. The highest BCUT2D eigenvalue weighted by molar-refractivity contribution is 6.31. The largest absolute Gasteiger partial charge is 0.417 e. The number of nitrogens with zero attached hydrogens (tertiary/aromatic N) is 7. The number of carbonyl (C=O) groups is 11. The van der Waals surface area contributed by atoms with Crippen LogP contribution in [0.2, 0.25) is 5.02 Å². The lowest BCUT2D eigenvalue weighted by Gasteiger charge is -2.39. The Balaban J connectivity index is 1.57. The molecule has 94 heavy (non-hydrogen) atoms. The van der Waals surface area contributed by atoms with E-state index in [2.05, 4.69) is 21.3 Å². The van der Waals surface area contributed by atoms with Crippen molar-refractivity contribution >= 4 is 76.6 Å². The fraction of sp³-hybridized carbons (Fsp3) is 0.746. The number of carbonyl (C=O) groups excluding carboxylic acids is 11. The molecule has 1 aromatic carbocycles. The van der Waals surface area contributed by atoms with Gasteiger partial charge in [-0.2, -0.15) is 13.2 Å². The number of hydrogen-bond acceptors (Lipinski definition) is 12. The van der Waals surface area contributed by atoms with Crippen LogP contribution in [0.25, 0.3) is 0 Å². The minimum absolute atomic E-state index is 0.0202. The van der Waals surface area contributed by atoms with Gasteiger partial charge in [0, 0.05) is 67.4 Å². The maximum atomic E-state index is 15.0. The summed E-state index contributed by atoms with van der Waals surface area (Å²) in [6, 6.07) is -4.72. The van der Waals surface area contributed by atoms with E-state index in [1.807, 2.05) is 20.8 Å². The Labute approximate surface area is 558 Å². The van der Waals surface area contributed by atoms with Crippen molar-refractivity contribution in [1.82, 2.24) is 55.6 Å². The highest BCUT2D eigenvalue weighted by atomic mass is 35.5. The van der Waals surface area contributed by atoms with Crippen LogP contribution in [0.3, 0.4) is 0 Å². The van der Waals surface area contributed by atoms with E-state index in [1.165, 1.54) is 65.8 Å². The number of amides is 11. The molecule has 4 N–H and O–H groups in total. The van der Waals surface area contributed by atoms with Crippen LogP contribution >= 0.6 is 11.6 Å². The molecule has 0 unspecified atom stereocenters. The van der Waals surface area contributed by atoms with Crippen molar-refractivity contribution in [2.75, 3.05) is 81.2 Å². The van der Waals surface area contributed by atoms with Crippen molar-refractivity contribution in [3.05, 3.63) is 34.3 Å². The quantitative estimate of drug-likeness (QED) is 0.167. The van der Waals surface area contributed by atoms with E-state index in [0.29, 0.717) is 37.9 Å². The van der Waals surface area contributed by atoms with Crippen LogP contribution in [0, 0.1) is 23.7 Å². The summed E-state index contributed by atoms with van der Waals surface area (Å²) < 4.78 is 47.0. The summed E-state index contributed by atoms with van der Waals surface area (Å²) in [6.45, 7) is 12.9. The molecule has 1 aromatic rings. The molecule has 2 heterocycles. The molecular formula is C67H105ClF3N11O12. The molecule has 0 aromatic heterocycles. The SMILES string of the molecule is CCOCCN1CC(=O)N(C)CC(=O)N(C)[C@@H](CC2CCCCC2)C(=O)N(C)CC(=O)N[C@@H](CCc2ccc(C(F)(F)F)c(Cl)c2)C(=O)N2CCC[C@H]2C(=O)NC2(CCCC2)C(=O)N(C)[C@@H](C(C)C)C(=O)N[C@H](C)CC(=O)N(C)[C@@H](CC(C)C)C(=O)N[C@@H]([C@@H](C)CC)C1=O. The van der Waals surface area contributed by atoms with Crippen LogP contribution < -0.4 is 21.3 Å². The summed E-state index contributed by atoms with van der Waals surface area (Å²) in [4.78, 5) is 170. The standard InChI is InChI=1S/C67H105ClF3N11O12/c1-14-43(7)57-64(92)81(32-33-94-15-2)40-55(85)76(9)39-56(86)79(12)52(37-45-22-17-16-18-23-45)63(91)77(10)38-53(83)73-49(28-26-46-25-27-47(48(68)36-46)67(69,70)71)62(90)82-31-21-24-50(82)60(88)75-66(29-19-20-30-66)65(93)80(13)58(42(5)6)61(89)72-44(8)35-54(84)78(11)51(34-41(3)4)59(87)74-57/h25,27,36,41-45,49-52,57-58H,14-24,26,28-35,37-40H2,1-13H3,(H,72,89)(H,73,83)(H,74,87)(H,75,88)/t43-,44+,49-,50-,51-,52-,57-,58-/m0/s1. The second-order valence-electron chi connectivity index (χ2n) is 27.3. The molecule has 4 aliphatic rings. The highest BCUT2D eigenvalue weighted by Crippen LogP contribution is 2.37. The average molecular weight is 1350 g/mol. The first-order valence-electron chi connectivity index (χ1n) is 33.7. The lowest BCUT2D eigenvalue weighted by atomic mass is 9.84. The van der Waals surface area contributed by atoms with Gasteiger partial charge in [0.15, 0.2) is 0 Å².